The first-order chi connectivity index (χ1) is 13.6. The van der Waals surface area contributed by atoms with Gasteiger partial charge in [0, 0.05) is 24.7 Å². The summed E-state index contributed by atoms with van der Waals surface area (Å²) in [6, 6.07) is 13.6. The van der Waals surface area contributed by atoms with E-state index in [1.165, 1.54) is 11.3 Å². The molecule has 1 aliphatic carbocycles. The lowest BCUT2D eigenvalue weighted by Crippen LogP contribution is -2.31. The van der Waals surface area contributed by atoms with E-state index in [1.807, 2.05) is 49.6 Å². The van der Waals surface area contributed by atoms with E-state index < -0.39 is 0 Å². The third-order valence-corrected chi connectivity index (χ3v) is 5.69. The van der Waals surface area contributed by atoms with Crippen molar-refractivity contribution in [2.45, 2.75) is 31.3 Å². The molecule has 28 heavy (non-hydrogen) atoms. The highest BCUT2D eigenvalue weighted by Gasteiger charge is 2.26. The molecule has 1 atom stereocenters. The largest absolute Gasteiger partial charge is 0.348 e. The summed E-state index contributed by atoms with van der Waals surface area (Å²) in [5.74, 6) is -0.301. The van der Waals surface area contributed by atoms with Crippen LogP contribution in [0.3, 0.4) is 0 Å². The van der Waals surface area contributed by atoms with Crippen molar-refractivity contribution in [3.05, 3.63) is 76.0 Å². The molecule has 0 radical (unpaired) electrons. The maximum atomic E-state index is 12.8. The third-order valence-electron chi connectivity index (χ3n) is 4.73. The standard InChI is InChI=1S/C21H22N4O2S/c1-25-11-5-8-18(25)20(27)23-16(12-14-6-3-2-4-7-14)21-24-17(13-28-21)19(26)22-15-9-10-15/h2-8,11,13,15-16H,9-10,12H2,1H3,(H,22,26)(H,23,27)/t16-/m0/s1. The fourth-order valence-corrected chi connectivity index (χ4v) is 3.87. The SMILES string of the molecule is Cn1cccc1C(=O)N[C@@H](Cc1ccccc1)c1nc(C(=O)NC2CC2)cs1. The van der Waals surface area contributed by atoms with E-state index in [9.17, 15) is 9.59 Å². The minimum Gasteiger partial charge on any atom is -0.348 e. The lowest BCUT2D eigenvalue weighted by molar-refractivity contribution is 0.0927. The molecule has 0 spiro atoms. The van der Waals surface area contributed by atoms with E-state index in [0.29, 0.717) is 17.8 Å². The Kier molecular flexibility index (Phi) is 5.25. The average molecular weight is 395 g/mol. The van der Waals surface area contributed by atoms with Crippen LogP contribution in [0.4, 0.5) is 0 Å². The van der Waals surface area contributed by atoms with Crippen molar-refractivity contribution in [3.8, 4) is 0 Å². The van der Waals surface area contributed by atoms with E-state index in [4.69, 9.17) is 0 Å². The highest BCUT2D eigenvalue weighted by molar-refractivity contribution is 7.09. The van der Waals surface area contributed by atoms with Crippen molar-refractivity contribution in [2.75, 3.05) is 0 Å². The van der Waals surface area contributed by atoms with Crippen LogP contribution < -0.4 is 10.6 Å². The molecule has 0 saturated heterocycles. The van der Waals surface area contributed by atoms with Gasteiger partial charge in [0.05, 0.1) is 6.04 Å². The number of rotatable bonds is 7. The van der Waals surface area contributed by atoms with E-state index in [-0.39, 0.29) is 23.9 Å². The van der Waals surface area contributed by atoms with Gasteiger partial charge in [0.25, 0.3) is 11.8 Å². The second kappa shape index (κ2) is 7.98. The summed E-state index contributed by atoms with van der Waals surface area (Å²) >= 11 is 1.40. The number of aromatic nitrogens is 2. The molecule has 2 heterocycles. The molecule has 0 unspecified atom stereocenters. The van der Waals surface area contributed by atoms with Gasteiger partial charge in [0.1, 0.15) is 16.4 Å². The van der Waals surface area contributed by atoms with E-state index in [1.54, 1.807) is 16.0 Å². The molecule has 144 valence electrons. The molecule has 2 N–H and O–H groups in total. The molecular weight excluding hydrogens is 372 g/mol. The zero-order valence-electron chi connectivity index (χ0n) is 15.6. The molecule has 0 bridgehead atoms. The summed E-state index contributed by atoms with van der Waals surface area (Å²) < 4.78 is 1.78. The third kappa shape index (κ3) is 4.31. The molecule has 0 aliphatic heterocycles. The minimum absolute atomic E-state index is 0.141. The highest BCUT2D eigenvalue weighted by Crippen LogP contribution is 2.24. The van der Waals surface area contributed by atoms with E-state index in [0.717, 1.165) is 23.4 Å². The smallest absolute Gasteiger partial charge is 0.270 e. The first kappa shape index (κ1) is 18.4. The van der Waals surface area contributed by atoms with Crippen molar-refractivity contribution in [2.24, 2.45) is 7.05 Å². The van der Waals surface area contributed by atoms with Crippen molar-refractivity contribution < 1.29 is 9.59 Å². The Hall–Kier alpha value is -2.93. The Morgan fingerprint density at radius 3 is 2.64 bits per heavy atom. The van der Waals surface area contributed by atoms with Crippen molar-refractivity contribution >= 4 is 23.2 Å². The van der Waals surface area contributed by atoms with Crippen LogP contribution in [0, 0.1) is 0 Å². The summed E-state index contributed by atoms with van der Waals surface area (Å²) in [5, 5.41) is 8.54. The Balaban J connectivity index is 1.55. The number of amides is 2. The number of hydrogen-bond acceptors (Lipinski definition) is 4. The van der Waals surface area contributed by atoms with Crippen LogP contribution in [-0.2, 0) is 13.5 Å². The topological polar surface area (TPSA) is 76.0 Å². The predicted molar refractivity (Wildman–Crippen MR) is 108 cm³/mol. The van der Waals surface area contributed by atoms with Gasteiger partial charge in [0.2, 0.25) is 0 Å². The molecule has 3 aromatic rings. The number of carbonyl (C=O) groups is 2. The second-order valence-electron chi connectivity index (χ2n) is 7.04. The molecule has 1 fully saturated rings. The number of aryl methyl sites for hydroxylation is 1. The van der Waals surface area contributed by atoms with Gasteiger partial charge in [-0.3, -0.25) is 9.59 Å². The van der Waals surface area contributed by atoms with E-state index >= 15 is 0 Å². The number of thiazole rings is 1. The van der Waals surface area contributed by atoms with Crippen LogP contribution in [0.5, 0.6) is 0 Å². The van der Waals surface area contributed by atoms with Crippen molar-refractivity contribution in [1.82, 2.24) is 20.2 Å². The summed E-state index contributed by atoms with van der Waals surface area (Å²) in [6.07, 6.45) is 4.51. The summed E-state index contributed by atoms with van der Waals surface area (Å²) in [5.41, 5.74) is 2.10. The number of carbonyl (C=O) groups excluding carboxylic acids is 2. The lowest BCUT2D eigenvalue weighted by atomic mass is 10.1. The molecule has 1 aliphatic rings. The molecule has 7 heteroatoms. The normalized spacial score (nSPS) is 14.5. The molecule has 2 amide bonds. The number of benzene rings is 1. The second-order valence-corrected chi connectivity index (χ2v) is 7.93. The average Bonchev–Trinajstić information content (AvgIpc) is 3.18. The van der Waals surface area contributed by atoms with Gasteiger partial charge in [0.15, 0.2) is 0 Å². The van der Waals surface area contributed by atoms with Crippen molar-refractivity contribution in [3.63, 3.8) is 0 Å². The molecule has 4 rings (SSSR count). The number of nitrogens with one attached hydrogen (secondary N) is 2. The van der Waals surface area contributed by atoms with Crippen LogP contribution in [0.1, 0.15) is 50.4 Å². The van der Waals surface area contributed by atoms with Crippen molar-refractivity contribution in [1.29, 1.82) is 0 Å². The minimum atomic E-state index is -0.308. The van der Waals surface area contributed by atoms with Gasteiger partial charge < -0.3 is 15.2 Å². The summed E-state index contributed by atoms with van der Waals surface area (Å²) in [4.78, 5) is 29.6. The van der Waals surface area contributed by atoms with Crippen LogP contribution in [0.25, 0.3) is 0 Å². The van der Waals surface area contributed by atoms with Gasteiger partial charge in [-0.1, -0.05) is 30.3 Å². The van der Waals surface area contributed by atoms with Gasteiger partial charge >= 0.3 is 0 Å². The van der Waals surface area contributed by atoms with E-state index in [2.05, 4.69) is 15.6 Å². The number of nitrogens with zero attached hydrogens (tertiary/aromatic N) is 2. The molecular formula is C21H22N4O2S. The van der Waals surface area contributed by atoms with Crippen LogP contribution >= 0.6 is 11.3 Å². The first-order valence-electron chi connectivity index (χ1n) is 9.32. The van der Waals surface area contributed by atoms with Gasteiger partial charge in [-0.15, -0.1) is 11.3 Å². The quantitative estimate of drug-likeness (QED) is 0.647. The fourth-order valence-electron chi connectivity index (χ4n) is 3.02. The Morgan fingerprint density at radius 1 is 1.18 bits per heavy atom. The maximum absolute atomic E-state index is 12.8. The number of hydrogen-bond donors (Lipinski definition) is 2. The Labute approximate surface area is 167 Å². The van der Waals surface area contributed by atoms with Gasteiger partial charge in [-0.05, 0) is 37.0 Å². The first-order valence-corrected chi connectivity index (χ1v) is 10.2. The summed E-state index contributed by atoms with van der Waals surface area (Å²) in [7, 11) is 1.84. The maximum Gasteiger partial charge on any atom is 0.270 e. The Bertz CT molecular complexity index is 975. The molecule has 1 aromatic carbocycles. The zero-order chi connectivity index (χ0) is 19.5. The monoisotopic (exact) mass is 394 g/mol. The van der Waals surface area contributed by atoms with Gasteiger partial charge in [-0.25, -0.2) is 4.98 Å². The molecule has 1 saturated carbocycles. The molecule has 6 nitrogen and oxygen atoms in total. The Morgan fingerprint density at radius 2 is 1.96 bits per heavy atom. The highest BCUT2D eigenvalue weighted by atomic mass is 32.1. The van der Waals surface area contributed by atoms with Crippen LogP contribution in [-0.4, -0.2) is 27.4 Å². The summed E-state index contributed by atoms with van der Waals surface area (Å²) in [6.45, 7) is 0. The van der Waals surface area contributed by atoms with Crippen LogP contribution in [0.15, 0.2) is 54.0 Å². The predicted octanol–water partition coefficient (Wildman–Crippen LogP) is 3.09. The molecule has 2 aromatic heterocycles. The zero-order valence-corrected chi connectivity index (χ0v) is 16.4. The van der Waals surface area contributed by atoms with Gasteiger partial charge in [-0.2, -0.15) is 0 Å². The fraction of sp³-hybridized carbons (Fsp3) is 0.286. The lowest BCUT2D eigenvalue weighted by Gasteiger charge is -2.17. The van der Waals surface area contributed by atoms with Crippen LogP contribution in [0.2, 0.25) is 0 Å².